The number of nitrogens with zero attached hydrogens (tertiary/aromatic N) is 5. The zero-order valence-electron chi connectivity index (χ0n) is 15.6. The molecule has 6 nitrogen and oxygen atoms in total. The van der Waals surface area contributed by atoms with Crippen LogP contribution < -0.4 is 0 Å². The Balaban J connectivity index is 1.38. The molecule has 3 aromatic heterocycles. The molecule has 0 spiro atoms. The first kappa shape index (κ1) is 17.8. The van der Waals surface area contributed by atoms with Gasteiger partial charge in [-0.05, 0) is 58.7 Å². The van der Waals surface area contributed by atoms with Crippen molar-refractivity contribution in [3.05, 3.63) is 82.6 Å². The fraction of sp³-hybridized carbons (Fsp3) is 0.0909. The Labute approximate surface area is 175 Å². The van der Waals surface area contributed by atoms with E-state index in [4.69, 9.17) is 4.42 Å². The highest BCUT2D eigenvalue weighted by atomic mass is 79.9. The highest BCUT2D eigenvalue weighted by Gasteiger charge is 2.12. The molecule has 5 rings (SSSR count). The van der Waals surface area contributed by atoms with Gasteiger partial charge < -0.3 is 4.42 Å². The van der Waals surface area contributed by atoms with Gasteiger partial charge in [-0.25, -0.2) is 4.98 Å². The minimum atomic E-state index is 0.410. The van der Waals surface area contributed by atoms with Gasteiger partial charge >= 0.3 is 0 Å². The highest BCUT2D eigenvalue weighted by Crippen LogP contribution is 2.25. The monoisotopic (exact) mass is 445 g/mol. The minimum absolute atomic E-state index is 0.410. The maximum atomic E-state index is 5.88. The third-order valence-electron chi connectivity index (χ3n) is 4.64. The number of pyridine rings is 1. The Morgan fingerprint density at radius 3 is 2.59 bits per heavy atom. The predicted octanol–water partition coefficient (Wildman–Crippen LogP) is 5.27. The number of hydrogen-bond donors (Lipinski definition) is 0. The summed E-state index contributed by atoms with van der Waals surface area (Å²) in [6.45, 7) is 2.76. The van der Waals surface area contributed by atoms with E-state index in [1.807, 2.05) is 59.4 Å². The molecule has 0 bridgehead atoms. The maximum absolute atomic E-state index is 5.88. The molecule has 0 aliphatic heterocycles. The van der Waals surface area contributed by atoms with Gasteiger partial charge in [-0.3, -0.25) is 4.68 Å². The SMILES string of the molecule is Cc1ccc2nc(-c3nnc(-c4ccc(Cn5cc(Br)cn5)cc4)o3)ccc2c1. The summed E-state index contributed by atoms with van der Waals surface area (Å²) in [6.07, 6.45) is 3.71. The van der Waals surface area contributed by atoms with Crippen molar-refractivity contribution in [2.45, 2.75) is 13.5 Å². The van der Waals surface area contributed by atoms with Gasteiger partial charge in [0.15, 0.2) is 0 Å². The van der Waals surface area contributed by atoms with E-state index in [1.54, 1.807) is 6.20 Å². The van der Waals surface area contributed by atoms with E-state index in [0.29, 0.717) is 24.0 Å². The standard InChI is InChI=1S/C22H16BrN5O/c1-14-2-8-19-17(10-14)7-9-20(25-19)22-27-26-21(29-22)16-5-3-15(4-6-16)12-28-13-18(23)11-24-28/h2-11,13H,12H2,1H3. The van der Waals surface area contributed by atoms with Crippen molar-refractivity contribution in [2.24, 2.45) is 0 Å². The summed E-state index contributed by atoms with van der Waals surface area (Å²) in [4.78, 5) is 4.65. The van der Waals surface area contributed by atoms with Crippen molar-refractivity contribution in [3.63, 3.8) is 0 Å². The lowest BCUT2D eigenvalue weighted by Crippen LogP contribution is -1.99. The average Bonchev–Trinajstić information content (AvgIpc) is 3.38. The van der Waals surface area contributed by atoms with Gasteiger partial charge in [-0.1, -0.05) is 29.8 Å². The molecule has 0 radical (unpaired) electrons. The third kappa shape index (κ3) is 3.69. The van der Waals surface area contributed by atoms with E-state index in [9.17, 15) is 0 Å². The van der Waals surface area contributed by atoms with Crippen LogP contribution in [0.15, 0.2) is 75.9 Å². The Morgan fingerprint density at radius 2 is 1.79 bits per heavy atom. The Kier molecular flexibility index (Phi) is 4.44. The second-order valence-electron chi connectivity index (χ2n) is 6.86. The number of hydrogen-bond acceptors (Lipinski definition) is 5. The third-order valence-corrected chi connectivity index (χ3v) is 5.05. The lowest BCUT2D eigenvalue weighted by Gasteiger charge is -2.02. The van der Waals surface area contributed by atoms with E-state index in [1.165, 1.54) is 5.56 Å². The molecular formula is C22H16BrN5O. The minimum Gasteiger partial charge on any atom is -0.415 e. The molecule has 0 atom stereocenters. The molecule has 29 heavy (non-hydrogen) atoms. The number of benzene rings is 2. The number of aromatic nitrogens is 5. The summed E-state index contributed by atoms with van der Waals surface area (Å²) in [5.74, 6) is 0.882. The zero-order chi connectivity index (χ0) is 19.8. The molecule has 0 N–H and O–H groups in total. The van der Waals surface area contributed by atoms with Crippen LogP contribution in [-0.2, 0) is 6.54 Å². The number of rotatable bonds is 4. The van der Waals surface area contributed by atoms with Gasteiger partial charge in [0.05, 0.1) is 22.7 Å². The van der Waals surface area contributed by atoms with Crippen LogP contribution in [0.2, 0.25) is 0 Å². The quantitative estimate of drug-likeness (QED) is 0.376. The van der Waals surface area contributed by atoms with Gasteiger partial charge in [0.2, 0.25) is 5.89 Å². The molecule has 142 valence electrons. The Hall–Kier alpha value is -3.32. The van der Waals surface area contributed by atoms with Crippen LogP contribution in [0.4, 0.5) is 0 Å². The van der Waals surface area contributed by atoms with Gasteiger partial charge in [0, 0.05) is 17.1 Å². The highest BCUT2D eigenvalue weighted by molar-refractivity contribution is 9.10. The molecule has 7 heteroatoms. The molecule has 0 fully saturated rings. The molecule has 3 heterocycles. The molecule has 5 aromatic rings. The maximum Gasteiger partial charge on any atom is 0.266 e. The van der Waals surface area contributed by atoms with Crippen LogP contribution in [0.5, 0.6) is 0 Å². The van der Waals surface area contributed by atoms with Crippen molar-refractivity contribution in [2.75, 3.05) is 0 Å². The number of aryl methyl sites for hydroxylation is 1. The van der Waals surface area contributed by atoms with Crippen LogP contribution in [-0.4, -0.2) is 25.0 Å². The normalized spacial score (nSPS) is 11.2. The summed E-state index contributed by atoms with van der Waals surface area (Å²) in [5, 5.41) is 13.7. The van der Waals surface area contributed by atoms with E-state index < -0.39 is 0 Å². The molecular weight excluding hydrogens is 430 g/mol. The van der Waals surface area contributed by atoms with Crippen molar-refractivity contribution in [3.8, 4) is 23.0 Å². The lowest BCUT2D eigenvalue weighted by atomic mass is 10.1. The molecule has 0 saturated carbocycles. The van der Waals surface area contributed by atoms with Crippen LogP contribution in [0.25, 0.3) is 33.9 Å². The average molecular weight is 446 g/mol. The van der Waals surface area contributed by atoms with E-state index in [2.05, 4.69) is 49.2 Å². The van der Waals surface area contributed by atoms with E-state index in [0.717, 1.165) is 26.5 Å². The largest absolute Gasteiger partial charge is 0.415 e. The second-order valence-corrected chi connectivity index (χ2v) is 7.77. The van der Waals surface area contributed by atoms with Crippen molar-refractivity contribution in [1.82, 2.24) is 25.0 Å². The summed E-state index contributed by atoms with van der Waals surface area (Å²) in [6, 6.07) is 18.1. The fourth-order valence-corrected chi connectivity index (χ4v) is 3.50. The summed E-state index contributed by atoms with van der Waals surface area (Å²) in [5.41, 5.74) is 4.78. The first-order chi connectivity index (χ1) is 14.1. The smallest absolute Gasteiger partial charge is 0.266 e. The van der Waals surface area contributed by atoms with E-state index in [-0.39, 0.29) is 0 Å². The molecule has 2 aromatic carbocycles. The van der Waals surface area contributed by atoms with Crippen molar-refractivity contribution >= 4 is 26.8 Å². The topological polar surface area (TPSA) is 69.6 Å². The molecule has 0 unspecified atom stereocenters. The predicted molar refractivity (Wildman–Crippen MR) is 114 cm³/mol. The molecule has 0 saturated heterocycles. The zero-order valence-corrected chi connectivity index (χ0v) is 17.2. The number of halogens is 1. The Bertz CT molecular complexity index is 1310. The summed E-state index contributed by atoms with van der Waals surface area (Å²) >= 11 is 3.41. The summed E-state index contributed by atoms with van der Waals surface area (Å²) < 4.78 is 8.72. The first-order valence-electron chi connectivity index (χ1n) is 9.13. The van der Waals surface area contributed by atoms with Gasteiger partial charge in [0.1, 0.15) is 5.69 Å². The van der Waals surface area contributed by atoms with Crippen LogP contribution in [0, 0.1) is 6.92 Å². The van der Waals surface area contributed by atoms with E-state index >= 15 is 0 Å². The first-order valence-corrected chi connectivity index (χ1v) is 9.92. The second kappa shape index (κ2) is 7.25. The number of fused-ring (bicyclic) bond motifs is 1. The molecule has 0 amide bonds. The Morgan fingerprint density at radius 1 is 0.966 bits per heavy atom. The van der Waals surface area contributed by atoms with Crippen LogP contribution in [0.3, 0.4) is 0 Å². The fourth-order valence-electron chi connectivity index (χ4n) is 3.17. The molecule has 0 aliphatic carbocycles. The van der Waals surface area contributed by atoms with Gasteiger partial charge in [0.25, 0.3) is 5.89 Å². The van der Waals surface area contributed by atoms with Crippen LogP contribution in [0.1, 0.15) is 11.1 Å². The van der Waals surface area contributed by atoms with Crippen molar-refractivity contribution in [1.29, 1.82) is 0 Å². The van der Waals surface area contributed by atoms with Crippen molar-refractivity contribution < 1.29 is 4.42 Å². The lowest BCUT2D eigenvalue weighted by molar-refractivity contribution is 0.582. The summed E-state index contributed by atoms with van der Waals surface area (Å²) in [7, 11) is 0. The van der Waals surface area contributed by atoms with Gasteiger partial charge in [-0.2, -0.15) is 5.10 Å². The van der Waals surface area contributed by atoms with Crippen LogP contribution >= 0.6 is 15.9 Å². The molecule has 0 aliphatic rings. The van der Waals surface area contributed by atoms with Gasteiger partial charge in [-0.15, -0.1) is 10.2 Å².